The molecule has 2 aromatic rings. The number of nitrogens with one attached hydrogen (secondary N) is 1. The molecule has 0 spiro atoms. The highest BCUT2D eigenvalue weighted by molar-refractivity contribution is 7.11. The van der Waals surface area contributed by atoms with E-state index in [1.165, 1.54) is 4.88 Å². The molecule has 88 valence electrons. The molecule has 0 radical (unpaired) electrons. The van der Waals surface area contributed by atoms with Crippen molar-refractivity contribution in [3.63, 3.8) is 0 Å². The number of thiophene rings is 1. The smallest absolute Gasteiger partial charge is 0.410 e. The molecule has 1 aromatic carbocycles. The van der Waals surface area contributed by atoms with Gasteiger partial charge < -0.3 is 10.1 Å². The Morgan fingerprint density at radius 1 is 1.24 bits per heavy atom. The van der Waals surface area contributed by atoms with E-state index < -0.39 is 6.09 Å². The summed E-state index contributed by atoms with van der Waals surface area (Å²) < 4.78 is 5.10. The van der Waals surface area contributed by atoms with Crippen molar-refractivity contribution in [1.82, 2.24) is 5.32 Å². The summed E-state index contributed by atoms with van der Waals surface area (Å²) in [7, 11) is 0. The number of carbonyl (C=O) groups is 1. The van der Waals surface area contributed by atoms with E-state index in [0.29, 0.717) is 12.3 Å². The topological polar surface area (TPSA) is 38.3 Å². The molecule has 0 unspecified atom stereocenters. The van der Waals surface area contributed by atoms with Crippen molar-refractivity contribution >= 4 is 17.4 Å². The normalized spacial score (nSPS) is 9.94. The maximum absolute atomic E-state index is 11.5. The van der Waals surface area contributed by atoms with E-state index in [1.54, 1.807) is 23.5 Å². The molecule has 0 fully saturated rings. The summed E-state index contributed by atoms with van der Waals surface area (Å²) in [5.41, 5.74) is 0. The molecule has 1 amide bonds. The van der Waals surface area contributed by atoms with E-state index in [0.717, 1.165) is 4.88 Å². The maximum Gasteiger partial charge on any atom is 0.412 e. The predicted molar refractivity (Wildman–Crippen MR) is 68.4 cm³/mol. The molecule has 1 aromatic heterocycles. The largest absolute Gasteiger partial charge is 0.412 e. The summed E-state index contributed by atoms with van der Waals surface area (Å²) in [6, 6.07) is 13.0. The van der Waals surface area contributed by atoms with E-state index in [9.17, 15) is 4.79 Å². The van der Waals surface area contributed by atoms with Crippen LogP contribution in [0.1, 0.15) is 9.75 Å². The van der Waals surface area contributed by atoms with E-state index in [-0.39, 0.29) is 0 Å². The molecule has 1 heterocycles. The third-order valence-corrected chi connectivity index (χ3v) is 3.16. The van der Waals surface area contributed by atoms with Crippen LogP contribution < -0.4 is 10.1 Å². The SMILES string of the molecule is Cc1ccc(CNC(=O)Oc2ccccc2)s1. The van der Waals surface area contributed by atoms with Crippen LogP contribution in [-0.4, -0.2) is 6.09 Å². The van der Waals surface area contributed by atoms with Gasteiger partial charge in [-0.2, -0.15) is 0 Å². The van der Waals surface area contributed by atoms with Crippen LogP contribution in [0.2, 0.25) is 0 Å². The van der Waals surface area contributed by atoms with E-state index in [4.69, 9.17) is 4.74 Å². The minimum absolute atomic E-state index is 0.428. The molecule has 2 rings (SSSR count). The quantitative estimate of drug-likeness (QED) is 0.903. The lowest BCUT2D eigenvalue weighted by Gasteiger charge is -2.04. The molecule has 3 nitrogen and oxygen atoms in total. The van der Waals surface area contributed by atoms with Gasteiger partial charge in [0, 0.05) is 9.75 Å². The van der Waals surface area contributed by atoms with Gasteiger partial charge in [-0.3, -0.25) is 0 Å². The zero-order chi connectivity index (χ0) is 12.1. The van der Waals surface area contributed by atoms with Crippen LogP contribution in [0.15, 0.2) is 42.5 Å². The third-order valence-electron chi connectivity index (χ3n) is 2.16. The number of ether oxygens (including phenoxy) is 1. The summed E-state index contributed by atoms with van der Waals surface area (Å²) in [6.07, 6.45) is -0.428. The first kappa shape index (κ1) is 11.7. The molecule has 0 aliphatic rings. The van der Waals surface area contributed by atoms with Crippen LogP contribution in [0.25, 0.3) is 0 Å². The Bertz CT molecular complexity index is 493. The first-order chi connectivity index (χ1) is 8.24. The molecule has 1 N–H and O–H groups in total. The first-order valence-electron chi connectivity index (χ1n) is 5.30. The van der Waals surface area contributed by atoms with Crippen molar-refractivity contribution < 1.29 is 9.53 Å². The van der Waals surface area contributed by atoms with Crippen LogP contribution in [0, 0.1) is 6.92 Å². The molecular formula is C13H13NO2S. The lowest BCUT2D eigenvalue weighted by Crippen LogP contribution is -2.25. The number of aryl methyl sites for hydroxylation is 1. The van der Waals surface area contributed by atoms with Crippen molar-refractivity contribution in [2.45, 2.75) is 13.5 Å². The summed E-state index contributed by atoms with van der Waals surface area (Å²) in [5, 5.41) is 2.71. The highest BCUT2D eigenvalue weighted by Gasteiger charge is 2.04. The molecule has 17 heavy (non-hydrogen) atoms. The van der Waals surface area contributed by atoms with Gasteiger partial charge in [0.1, 0.15) is 5.75 Å². The van der Waals surface area contributed by atoms with E-state index in [1.807, 2.05) is 37.3 Å². The number of benzene rings is 1. The minimum Gasteiger partial charge on any atom is -0.410 e. The molecule has 4 heteroatoms. The fraction of sp³-hybridized carbons (Fsp3) is 0.154. The molecule has 0 saturated heterocycles. The van der Waals surface area contributed by atoms with Crippen LogP contribution in [0.3, 0.4) is 0 Å². The van der Waals surface area contributed by atoms with Crippen LogP contribution in [0.5, 0.6) is 5.75 Å². The Kier molecular flexibility index (Phi) is 3.77. The Labute approximate surface area is 104 Å². The molecule has 0 aliphatic carbocycles. The van der Waals surface area contributed by atoms with E-state index >= 15 is 0 Å². The Morgan fingerprint density at radius 3 is 2.65 bits per heavy atom. The molecule has 0 saturated carbocycles. The average Bonchev–Trinajstić information content (AvgIpc) is 2.74. The summed E-state index contributed by atoms with van der Waals surface area (Å²) in [6.45, 7) is 2.54. The van der Waals surface area contributed by atoms with Crippen LogP contribution in [0.4, 0.5) is 4.79 Å². The standard InChI is InChI=1S/C13H13NO2S/c1-10-7-8-12(17-10)9-14-13(15)16-11-5-3-2-4-6-11/h2-8H,9H2,1H3,(H,14,15). The van der Waals surface area contributed by atoms with Crippen molar-refractivity contribution in [2.24, 2.45) is 0 Å². The van der Waals surface area contributed by atoms with Crippen LogP contribution >= 0.6 is 11.3 Å². The summed E-state index contributed by atoms with van der Waals surface area (Å²) in [4.78, 5) is 13.8. The summed E-state index contributed by atoms with van der Waals surface area (Å²) in [5.74, 6) is 0.548. The number of hydrogen-bond donors (Lipinski definition) is 1. The number of para-hydroxylation sites is 1. The van der Waals surface area contributed by atoms with Gasteiger partial charge in [-0.25, -0.2) is 4.79 Å². The second kappa shape index (κ2) is 5.50. The second-order valence-corrected chi connectivity index (χ2v) is 4.94. The molecular weight excluding hydrogens is 234 g/mol. The van der Waals surface area contributed by atoms with Crippen molar-refractivity contribution in [2.75, 3.05) is 0 Å². The Morgan fingerprint density at radius 2 is 2.00 bits per heavy atom. The van der Waals surface area contributed by atoms with Gasteiger partial charge in [-0.15, -0.1) is 11.3 Å². The Balaban J connectivity index is 1.82. The number of rotatable bonds is 3. The number of carbonyl (C=O) groups excluding carboxylic acids is 1. The van der Waals surface area contributed by atoms with Crippen molar-refractivity contribution in [3.05, 3.63) is 52.2 Å². The highest BCUT2D eigenvalue weighted by atomic mass is 32.1. The van der Waals surface area contributed by atoms with Crippen molar-refractivity contribution in [1.29, 1.82) is 0 Å². The first-order valence-corrected chi connectivity index (χ1v) is 6.12. The van der Waals surface area contributed by atoms with Gasteiger partial charge in [-0.1, -0.05) is 18.2 Å². The van der Waals surface area contributed by atoms with Crippen molar-refractivity contribution in [3.8, 4) is 5.75 Å². The molecule has 0 bridgehead atoms. The zero-order valence-corrected chi connectivity index (χ0v) is 10.3. The third kappa shape index (κ3) is 3.60. The van der Waals surface area contributed by atoms with E-state index in [2.05, 4.69) is 5.32 Å². The number of amides is 1. The minimum atomic E-state index is -0.428. The Hall–Kier alpha value is -1.81. The fourth-order valence-electron chi connectivity index (χ4n) is 1.37. The second-order valence-electron chi connectivity index (χ2n) is 3.57. The van der Waals surface area contributed by atoms with Gasteiger partial charge in [0.05, 0.1) is 6.54 Å². The lowest BCUT2D eigenvalue weighted by molar-refractivity contribution is 0.200. The number of hydrogen-bond acceptors (Lipinski definition) is 3. The van der Waals surface area contributed by atoms with Crippen LogP contribution in [-0.2, 0) is 6.54 Å². The lowest BCUT2D eigenvalue weighted by atomic mass is 10.3. The maximum atomic E-state index is 11.5. The highest BCUT2D eigenvalue weighted by Crippen LogP contribution is 2.14. The zero-order valence-electron chi connectivity index (χ0n) is 9.47. The molecule has 0 aliphatic heterocycles. The van der Waals surface area contributed by atoms with Gasteiger partial charge >= 0.3 is 6.09 Å². The monoisotopic (exact) mass is 247 g/mol. The van der Waals surface area contributed by atoms with Gasteiger partial charge in [0.15, 0.2) is 0 Å². The van der Waals surface area contributed by atoms with Gasteiger partial charge in [-0.05, 0) is 31.2 Å². The molecule has 0 atom stereocenters. The average molecular weight is 247 g/mol. The summed E-state index contributed by atoms with van der Waals surface area (Å²) >= 11 is 1.67. The predicted octanol–water partition coefficient (Wildman–Crippen LogP) is 3.35. The van der Waals surface area contributed by atoms with Gasteiger partial charge in [0.2, 0.25) is 0 Å². The fourth-order valence-corrected chi connectivity index (χ4v) is 2.20. The van der Waals surface area contributed by atoms with Gasteiger partial charge in [0.25, 0.3) is 0 Å².